The number of likely N-dealkylation sites (tertiary alicyclic amines) is 1. The Morgan fingerprint density at radius 3 is 2.61 bits per heavy atom. The van der Waals surface area contributed by atoms with Crippen molar-refractivity contribution in [2.45, 2.75) is 13.3 Å². The van der Waals surface area contributed by atoms with Crippen molar-refractivity contribution >= 4 is 11.6 Å². The number of benzene rings is 2. The molecule has 0 bridgehead atoms. The smallest absolute Gasteiger partial charge is 0.163 e. The topological polar surface area (TPSA) is 38.5 Å². The van der Waals surface area contributed by atoms with Crippen LogP contribution in [0, 0.1) is 12.8 Å². The van der Waals surface area contributed by atoms with Gasteiger partial charge in [0.05, 0.1) is 5.69 Å². The molecule has 1 aliphatic rings. The molecule has 4 heteroatoms. The molecule has 144 valence electrons. The SMILES string of the molecule is Cc1cc(C(=Cc2ccccc2)C2CCN(CCOc3ccccc3)C2)on1. The van der Waals surface area contributed by atoms with Gasteiger partial charge in [-0.05, 0) is 43.7 Å². The van der Waals surface area contributed by atoms with Gasteiger partial charge in [0.2, 0.25) is 0 Å². The van der Waals surface area contributed by atoms with E-state index in [-0.39, 0.29) is 0 Å². The first-order valence-corrected chi connectivity index (χ1v) is 9.88. The summed E-state index contributed by atoms with van der Waals surface area (Å²) in [6, 6.07) is 22.5. The van der Waals surface area contributed by atoms with E-state index in [1.165, 1.54) is 11.1 Å². The molecular formula is C24H26N2O2. The minimum absolute atomic E-state index is 0.435. The standard InChI is InChI=1S/C24H26N2O2/c1-19-16-24(28-25-19)23(17-20-8-4-2-5-9-20)21-12-13-26(18-21)14-15-27-22-10-6-3-7-11-22/h2-11,16-17,21H,12-15,18H2,1H3. The van der Waals surface area contributed by atoms with Crippen molar-refractivity contribution in [1.29, 1.82) is 0 Å². The number of aryl methyl sites for hydroxylation is 1. The van der Waals surface area contributed by atoms with Crippen LogP contribution in [-0.2, 0) is 0 Å². The molecule has 1 aliphatic heterocycles. The maximum absolute atomic E-state index is 5.86. The average Bonchev–Trinajstić information content (AvgIpc) is 3.37. The van der Waals surface area contributed by atoms with E-state index in [0.29, 0.717) is 12.5 Å². The summed E-state index contributed by atoms with van der Waals surface area (Å²) in [5.74, 6) is 2.25. The van der Waals surface area contributed by atoms with Gasteiger partial charge in [-0.25, -0.2) is 0 Å². The van der Waals surface area contributed by atoms with Crippen LogP contribution < -0.4 is 4.74 Å². The van der Waals surface area contributed by atoms with Crippen molar-refractivity contribution < 1.29 is 9.26 Å². The van der Waals surface area contributed by atoms with Gasteiger partial charge in [-0.1, -0.05) is 53.7 Å². The second kappa shape index (κ2) is 8.89. The minimum atomic E-state index is 0.435. The van der Waals surface area contributed by atoms with Crippen LogP contribution >= 0.6 is 0 Å². The largest absolute Gasteiger partial charge is 0.492 e. The molecule has 0 aliphatic carbocycles. The molecule has 0 N–H and O–H groups in total. The van der Waals surface area contributed by atoms with Gasteiger partial charge in [0.25, 0.3) is 0 Å². The molecule has 1 aromatic heterocycles. The molecule has 1 saturated heterocycles. The Balaban J connectivity index is 1.42. The predicted molar refractivity (Wildman–Crippen MR) is 112 cm³/mol. The summed E-state index contributed by atoms with van der Waals surface area (Å²) in [4.78, 5) is 2.47. The lowest BCUT2D eigenvalue weighted by atomic mass is 9.93. The van der Waals surface area contributed by atoms with Gasteiger partial charge >= 0.3 is 0 Å². The van der Waals surface area contributed by atoms with Gasteiger partial charge in [-0.3, -0.25) is 4.90 Å². The van der Waals surface area contributed by atoms with Crippen LogP contribution in [0.1, 0.15) is 23.4 Å². The lowest BCUT2D eigenvalue weighted by molar-refractivity contribution is 0.235. The molecule has 1 unspecified atom stereocenters. The summed E-state index contributed by atoms with van der Waals surface area (Å²) >= 11 is 0. The van der Waals surface area contributed by atoms with Crippen LogP contribution in [0.25, 0.3) is 11.6 Å². The highest BCUT2D eigenvalue weighted by Crippen LogP contribution is 2.33. The third-order valence-corrected chi connectivity index (χ3v) is 5.17. The monoisotopic (exact) mass is 374 g/mol. The highest BCUT2D eigenvalue weighted by molar-refractivity contribution is 5.81. The van der Waals surface area contributed by atoms with Crippen molar-refractivity contribution in [2.24, 2.45) is 5.92 Å². The summed E-state index contributed by atoms with van der Waals surface area (Å²) < 4.78 is 11.5. The van der Waals surface area contributed by atoms with Crippen LogP contribution in [-0.4, -0.2) is 36.3 Å². The number of hydrogen-bond donors (Lipinski definition) is 0. The molecule has 0 amide bonds. The number of hydrogen-bond acceptors (Lipinski definition) is 4. The van der Waals surface area contributed by atoms with Crippen molar-refractivity contribution in [1.82, 2.24) is 10.1 Å². The molecule has 4 nitrogen and oxygen atoms in total. The summed E-state index contributed by atoms with van der Waals surface area (Å²) in [5, 5.41) is 4.10. The van der Waals surface area contributed by atoms with E-state index in [4.69, 9.17) is 9.26 Å². The van der Waals surface area contributed by atoms with Crippen LogP contribution in [0.2, 0.25) is 0 Å². The van der Waals surface area contributed by atoms with Crippen molar-refractivity contribution in [3.05, 3.63) is 83.7 Å². The molecule has 0 spiro atoms. The van der Waals surface area contributed by atoms with Crippen molar-refractivity contribution in [2.75, 3.05) is 26.2 Å². The van der Waals surface area contributed by atoms with E-state index in [9.17, 15) is 0 Å². The molecular weight excluding hydrogens is 348 g/mol. The number of nitrogens with zero attached hydrogens (tertiary/aromatic N) is 2. The second-order valence-electron chi connectivity index (χ2n) is 7.29. The second-order valence-corrected chi connectivity index (χ2v) is 7.29. The first kappa shape index (κ1) is 18.5. The zero-order valence-electron chi connectivity index (χ0n) is 16.3. The van der Waals surface area contributed by atoms with Crippen LogP contribution in [0.4, 0.5) is 0 Å². The fourth-order valence-corrected chi connectivity index (χ4v) is 3.72. The molecule has 2 aromatic carbocycles. The Morgan fingerprint density at radius 1 is 1.14 bits per heavy atom. The number of para-hydroxylation sites is 1. The average molecular weight is 374 g/mol. The number of aromatic nitrogens is 1. The van der Waals surface area contributed by atoms with Crippen molar-refractivity contribution in [3.8, 4) is 5.75 Å². The molecule has 0 saturated carbocycles. The first-order chi connectivity index (χ1) is 13.8. The van der Waals surface area contributed by atoms with E-state index in [1.807, 2.05) is 49.4 Å². The Kier molecular flexibility index (Phi) is 5.88. The normalized spacial score (nSPS) is 17.8. The highest BCUT2D eigenvalue weighted by atomic mass is 16.5. The Hall–Kier alpha value is -2.85. The summed E-state index contributed by atoms with van der Waals surface area (Å²) in [5.41, 5.74) is 3.34. The van der Waals surface area contributed by atoms with Gasteiger partial charge < -0.3 is 9.26 Å². The van der Waals surface area contributed by atoms with Gasteiger partial charge in [-0.2, -0.15) is 0 Å². The molecule has 28 heavy (non-hydrogen) atoms. The Labute approximate surface area is 166 Å². The molecule has 3 aromatic rings. The van der Waals surface area contributed by atoms with E-state index in [1.54, 1.807) is 0 Å². The molecule has 4 rings (SSSR count). The predicted octanol–water partition coefficient (Wildman–Crippen LogP) is 4.92. The molecule has 2 heterocycles. The third-order valence-electron chi connectivity index (χ3n) is 5.17. The maximum atomic E-state index is 5.86. The van der Waals surface area contributed by atoms with Crippen LogP contribution in [0.15, 0.2) is 71.3 Å². The molecule has 1 atom stereocenters. The van der Waals surface area contributed by atoms with Crippen molar-refractivity contribution in [3.63, 3.8) is 0 Å². The fraction of sp³-hybridized carbons (Fsp3) is 0.292. The fourth-order valence-electron chi connectivity index (χ4n) is 3.72. The van der Waals surface area contributed by atoms with Gasteiger partial charge in [0.15, 0.2) is 5.76 Å². The Morgan fingerprint density at radius 2 is 1.89 bits per heavy atom. The van der Waals surface area contributed by atoms with Gasteiger partial charge in [0.1, 0.15) is 12.4 Å². The summed E-state index contributed by atoms with van der Waals surface area (Å²) in [6.45, 7) is 5.68. The van der Waals surface area contributed by atoms with Crippen LogP contribution in [0.3, 0.4) is 0 Å². The summed E-state index contributed by atoms with van der Waals surface area (Å²) in [6.07, 6.45) is 3.36. The molecule has 0 radical (unpaired) electrons. The minimum Gasteiger partial charge on any atom is -0.492 e. The van der Waals surface area contributed by atoms with Crippen LogP contribution in [0.5, 0.6) is 5.75 Å². The first-order valence-electron chi connectivity index (χ1n) is 9.88. The number of rotatable bonds is 7. The van der Waals surface area contributed by atoms with Gasteiger partial charge in [-0.15, -0.1) is 0 Å². The maximum Gasteiger partial charge on any atom is 0.163 e. The van der Waals surface area contributed by atoms with E-state index in [0.717, 1.165) is 43.3 Å². The van der Waals surface area contributed by atoms with E-state index < -0.39 is 0 Å². The lowest BCUT2D eigenvalue weighted by Gasteiger charge is -2.17. The van der Waals surface area contributed by atoms with Gasteiger partial charge in [0, 0.05) is 30.6 Å². The number of ether oxygens (including phenoxy) is 1. The highest BCUT2D eigenvalue weighted by Gasteiger charge is 2.28. The quantitative estimate of drug-likeness (QED) is 0.588. The third kappa shape index (κ3) is 4.70. The summed E-state index contributed by atoms with van der Waals surface area (Å²) in [7, 11) is 0. The zero-order chi connectivity index (χ0) is 19.2. The lowest BCUT2D eigenvalue weighted by Crippen LogP contribution is -2.26. The Bertz CT molecular complexity index is 903. The van der Waals surface area contributed by atoms with E-state index in [2.05, 4.69) is 40.4 Å². The zero-order valence-corrected chi connectivity index (χ0v) is 16.3. The van der Waals surface area contributed by atoms with E-state index >= 15 is 0 Å². The molecule has 1 fully saturated rings.